The fourth-order valence-corrected chi connectivity index (χ4v) is 4.94. The average molecular weight is 576 g/mol. The molecule has 4 aromatic rings. The number of unbranched alkanes of at least 4 members (excludes halogenated alkanes) is 1. The van der Waals surface area contributed by atoms with E-state index in [1.807, 2.05) is 24.3 Å². The SMILES string of the molecule is CCCCOc1ccc(C2c3c(oc4ccc(Br)cc4c3=O)C(=O)N2c2ccc(C(=O)OCC)cc2)cc1. The maximum Gasteiger partial charge on any atom is 0.338 e. The molecular weight excluding hydrogens is 550 g/mol. The maximum absolute atomic E-state index is 13.8. The van der Waals surface area contributed by atoms with Crippen LogP contribution in [-0.4, -0.2) is 25.1 Å². The number of halogens is 1. The second kappa shape index (κ2) is 10.8. The third-order valence-electron chi connectivity index (χ3n) is 6.45. The van der Waals surface area contributed by atoms with Crippen LogP contribution in [-0.2, 0) is 4.74 Å². The molecule has 5 rings (SSSR count). The van der Waals surface area contributed by atoms with Gasteiger partial charge in [0.2, 0.25) is 5.76 Å². The van der Waals surface area contributed by atoms with Gasteiger partial charge in [-0.2, -0.15) is 0 Å². The fraction of sp³-hybridized carbons (Fsp3) is 0.233. The number of hydrogen-bond donors (Lipinski definition) is 0. The molecule has 38 heavy (non-hydrogen) atoms. The van der Waals surface area contributed by atoms with E-state index in [4.69, 9.17) is 13.9 Å². The number of nitrogens with zero attached hydrogens (tertiary/aromatic N) is 1. The molecular formula is C30H26BrNO6. The van der Waals surface area contributed by atoms with Gasteiger partial charge >= 0.3 is 5.97 Å². The fourth-order valence-electron chi connectivity index (χ4n) is 4.58. The molecule has 8 heteroatoms. The minimum atomic E-state index is -0.727. The molecule has 1 aliphatic rings. The summed E-state index contributed by atoms with van der Waals surface area (Å²) in [5, 5.41) is 0.384. The van der Waals surface area contributed by atoms with Crippen LogP contribution in [0.25, 0.3) is 11.0 Å². The first-order chi connectivity index (χ1) is 18.4. The van der Waals surface area contributed by atoms with E-state index in [0.29, 0.717) is 34.6 Å². The number of fused-ring (bicyclic) bond motifs is 2. The second-order valence-electron chi connectivity index (χ2n) is 8.93. The molecule has 0 saturated heterocycles. The lowest BCUT2D eigenvalue weighted by Gasteiger charge is -2.25. The Labute approximate surface area is 228 Å². The number of anilines is 1. The van der Waals surface area contributed by atoms with Crippen molar-refractivity contribution in [3.63, 3.8) is 0 Å². The van der Waals surface area contributed by atoms with Crippen molar-refractivity contribution < 1.29 is 23.5 Å². The summed E-state index contributed by atoms with van der Waals surface area (Å²) >= 11 is 3.42. The number of carbonyl (C=O) groups is 2. The van der Waals surface area contributed by atoms with Crippen LogP contribution in [0.5, 0.6) is 5.75 Å². The molecule has 0 bridgehead atoms. The zero-order chi connectivity index (χ0) is 26.8. The van der Waals surface area contributed by atoms with Gasteiger partial charge in [0, 0.05) is 10.2 Å². The van der Waals surface area contributed by atoms with E-state index in [0.717, 1.165) is 22.9 Å². The maximum atomic E-state index is 13.8. The standard InChI is InChI=1S/C30H26BrNO6/c1-3-5-16-37-22-13-8-18(9-14-22)26-25-27(33)23-17-20(31)10-15-24(23)38-28(25)29(34)32(26)21-11-6-19(7-12-21)30(35)36-4-2/h6-15,17,26H,3-5,16H2,1-2H3. The second-order valence-corrected chi connectivity index (χ2v) is 9.85. The number of ether oxygens (including phenoxy) is 2. The highest BCUT2D eigenvalue weighted by Gasteiger charge is 2.43. The first kappa shape index (κ1) is 25.7. The number of rotatable bonds is 8. The summed E-state index contributed by atoms with van der Waals surface area (Å²) in [6, 6.07) is 18.4. The highest BCUT2D eigenvalue weighted by Crippen LogP contribution is 2.41. The van der Waals surface area contributed by atoms with Gasteiger partial charge < -0.3 is 13.9 Å². The highest BCUT2D eigenvalue weighted by atomic mass is 79.9. The van der Waals surface area contributed by atoms with Crippen molar-refractivity contribution in [3.05, 3.63) is 104 Å². The third-order valence-corrected chi connectivity index (χ3v) is 6.94. The average Bonchev–Trinajstić information content (AvgIpc) is 3.22. The van der Waals surface area contributed by atoms with Crippen molar-refractivity contribution in [1.29, 1.82) is 0 Å². The van der Waals surface area contributed by atoms with Crippen LogP contribution in [0, 0.1) is 0 Å². The summed E-state index contributed by atoms with van der Waals surface area (Å²) in [4.78, 5) is 41.3. The van der Waals surface area contributed by atoms with E-state index in [9.17, 15) is 14.4 Å². The predicted octanol–water partition coefficient (Wildman–Crippen LogP) is 6.66. The molecule has 1 aliphatic heterocycles. The molecule has 0 aliphatic carbocycles. The normalized spacial score (nSPS) is 14.6. The highest BCUT2D eigenvalue weighted by molar-refractivity contribution is 9.10. The van der Waals surface area contributed by atoms with Crippen molar-refractivity contribution in [2.45, 2.75) is 32.7 Å². The van der Waals surface area contributed by atoms with Crippen molar-refractivity contribution in [3.8, 4) is 5.75 Å². The molecule has 0 radical (unpaired) electrons. The summed E-state index contributed by atoms with van der Waals surface area (Å²) in [6.07, 6.45) is 1.98. The summed E-state index contributed by atoms with van der Waals surface area (Å²) < 4.78 is 17.6. The Morgan fingerprint density at radius 3 is 2.42 bits per heavy atom. The van der Waals surface area contributed by atoms with Crippen molar-refractivity contribution >= 4 is 44.5 Å². The van der Waals surface area contributed by atoms with Crippen LogP contribution in [0.2, 0.25) is 0 Å². The molecule has 1 amide bonds. The molecule has 0 saturated carbocycles. The molecule has 1 unspecified atom stereocenters. The first-order valence-corrected chi connectivity index (χ1v) is 13.3. The summed E-state index contributed by atoms with van der Waals surface area (Å²) in [5.41, 5.74) is 1.96. The molecule has 0 N–H and O–H groups in total. The Kier molecular flexibility index (Phi) is 7.33. The van der Waals surface area contributed by atoms with Gasteiger partial charge in [0.1, 0.15) is 11.3 Å². The van der Waals surface area contributed by atoms with Gasteiger partial charge in [-0.05, 0) is 73.5 Å². The van der Waals surface area contributed by atoms with Gasteiger partial charge in [0.25, 0.3) is 5.91 Å². The smallest absolute Gasteiger partial charge is 0.338 e. The van der Waals surface area contributed by atoms with Crippen LogP contribution in [0.1, 0.15) is 64.8 Å². The van der Waals surface area contributed by atoms with Gasteiger partial charge in [-0.1, -0.05) is 41.4 Å². The first-order valence-electron chi connectivity index (χ1n) is 12.5. The van der Waals surface area contributed by atoms with E-state index >= 15 is 0 Å². The number of esters is 1. The quantitative estimate of drug-likeness (QED) is 0.172. The number of amides is 1. The molecule has 7 nitrogen and oxygen atoms in total. The molecule has 0 fully saturated rings. The summed E-state index contributed by atoms with van der Waals surface area (Å²) in [6.45, 7) is 4.72. The van der Waals surface area contributed by atoms with Crippen molar-refractivity contribution in [1.82, 2.24) is 0 Å². The van der Waals surface area contributed by atoms with Gasteiger partial charge in [0.05, 0.1) is 35.8 Å². The lowest BCUT2D eigenvalue weighted by molar-refractivity contribution is 0.0526. The van der Waals surface area contributed by atoms with Gasteiger partial charge in [-0.3, -0.25) is 14.5 Å². The third kappa shape index (κ3) is 4.72. The van der Waals surface area contributed by atoms with E-state index in [-0.39, 0.29) is 23.4 Å². The van der Waals surface area contributed by atoms with Gasteiger partial charge in [-0.25, -0.2) is 4.79 Å². The molecule has 1 atom stereocenters. The molecule has 1 aromatic heterocycles. The topological polar surface area (TPSA) is 86.0 Å². The zero-order valence-electron chi connectivity index (χ0n) is 21.0. The Morgan fingerprint density at radius 2 is 1.74 bits per heavy atom. The van der Waals surface area contributed by atoms with Crippen LogP contribution in [0.15, 0.2) is 80.4 Å². The Morgan fingerprint density at radius 1 is 1.00 bits per heavy atom. The summed E-state index contributed by atoms with van der Waals surface area (Å²) in [5.74, 6) is -0.155. The lowest BCUT2D eigenvalue weighted by Crippen LogP contribution is -2.29. The van der Waals surface area contributed by atoms with Crippen LogP contribution in [0.3, 0.4) is 0 Å². The lowest BCUT2D eigenvalue weighted by atomic mass is 9.98. The monoisotopic (exact) mass is 575 g/mol. The Hall–Kier alpha value is -3.91. The zero-order valence-corrected chi connectivity index (χ0v) is 22.6. The summed E-state index contributed by atoms with van der Waals surface area (Å²) in [7, 11) is 0. The van der Waals surface area contributed by atoms with Gasteiger partial charge in [-0.15, -0.1) is 0 Å². The number of hydrogen-bond acceptors (Lipinski definition) is 6. The molecule has 2 heterocycles. The van der Waals surface area contributed by atoms with Crippen LogP contribution >= 0.6 is 15.9 Å². The van der Waals surface area contributed by atoms with Crippen molar-refractivity contribution in [2.75, 3.05) is 18.1 Å². The van der Waals surface area contributed by atoms with E-state index in [1.54, 1.807) is 49.4 Å². The molecule has 194 valence electrons. The predicted molar refractivity (Wildman–Crippen MR) is 148 cm³/mol. The Balaban J connectivity index is 1.62. The number of benzene rings is 3. The largest absolute Gasteiger partial charge is 0.494 e. The van der Waals surface area contributed by atoms with E-state index in [1.165, 1.54) is 4.90 Å². The Bertz CT molecular complexity index is 1560. The van der Waals surface area contributed by atoms with Crippen LogP contribution in [0.4, 0.5) is 5.69 Å². The molecule has 0 spiro atoms. The van der Waals surface area contributed by atoms with Gasteiger partial charge in [0.15, 0.2) is 5.43 Å². The minimum Gasteiger partial charge on any atom is -0.494 e. The minimum absolute atomic E-state index is 0.00700. The van der Waals surface area contributed by atoms with E-state index < -0.39 is 17.9 Å². The van der Waals surface area contributed by atoms with Crippen molar-refractivity contribution in [2.24, 2.45) is 0 Å². The number of carbonyl (C=O) groups excluding carboxylic acids is 2. The van der Waals surface area contributed by atoms with E-state index in [2.05, 4.69) is 22.9 Å². The van der Waals surface area contributed by atoms with Crippen LogP contribution < -0.4 is 15.1 Å². The molecule has 3 aromatic carbocycles.